The van der Waals surface area contributed by atoms with Crippen LogP contribution in [0.15, 0.2) is 24.3 Å². The SMILES string of the molecule is COC(=O)c1c(Nc2ccc(OC)cc2)n[nH]c1N. The number of methoxy groups -OCH3 is 2. The topological polar surface area (TPSA) is 102 Å². The molecular formula is C12H14N4O3. The molecule has 1 heterocycles. The van der Waals surface area contributed by atoms with Crippen molar-refractivity contribution in [2.75, 3.05) is 25.3 Å². The van der Waals surface area contributed by atoms with Gasteiger partial charge in [0.1, 0.15) is 17.1 Å². The summed E-state index contributed by atoms with van der Waals surface area (Å²) in [6, 6.07) is 7.17. The zero-order valence-electron chi connectivity index (χ0n) is 10.6. The number of aromatic nitrogens is 2. The second-order valence-corrected chi connectivity index (χ2v) is 3.71. The van der Waals surface area contributed by atoms with Crippen molar-refractivity contribution in [3.8, 4) is 5.75 Å². The zero-order valence-corrected chi connectivity index (χ0v) is 10.6. The molecule has 0 bridgehead atoms. The molecule has 2 aromatic rings. The average Bonchev–Trinajstić information content (AvgIpc) is 2.80. The molecule has 7 heteroatoms. The summed E-state index contributed by atoms with van der Waals surface area (Å²) in [5.41, 5.74) is 6.56. The summed E-state index contributed by atoms with van der Waals surface area (Å²) in [4.78, 5) is 11.6. The summed E-state index contributed by atoms with van der Waals surface area (Å²) in [6.07, 6.45) is 0. The standard InChI is InChI=1S/C12H14N4O3/c1-18-8-5-3-7(4-6-8)14-11-9(12(17)19-2)10(13)15-16-11/h3-6H,1-2H3,(H4,13,14,15,16). The van der Waals surface area contributed by atoms with Gasteiger partial charge in [0.2, 0.25) is 0 Å². The largest absolute Gasteiger partial charge is 0.497 e. The van der Waals surface area contributed by atoms with Crippen LogP contribution in [0.25, 0.3) is 0 Å². The smallest absolute Gasteiger partial charge is 0.345 e. The maximum atomic E-state index is 11.6. The molecular weight excluding hydrogens is 248 g/mol. The summed E-state index contributed by atoms with van der Waals surface area (Å²) in [6.45, 7) is 0. The molecule has 2 rings (SSSR count). The number of anilines is 3. The van der Waals surface area contributed by atoms with Gasteiger partial charge in [-0.3, -0.25) is 5.10 Å². The van der Waals surface area contributed by atoms with Gasteiger partial charge in [-0.25, -0.2) is 4.79 Å². The van der Waals surface area contributed by atoms with Crippen LogP contribution in [-0.2, 0) is 4.74 Å². The van der Waals surface area contributed by atoms with Crippen LogP contribution in [0.5, 0.6) is 5.75 Å². The molecule has 0 unspecified atom stereocenters. The van der Waals surface area contributed by atoms with Crippen molar-refractivity contribution in [3.05, 3.63) is 29.8 Å². The van der Waals surface area contributed by atoms with Crippen LogP contribution >= 0.6 is 0 Å². The first-order valence-electron chi connectivity index (χ1n) is 5.49. The first kappa shape index (κ1) is 12.7. The van der Waals surface area contributed by atoms with Crippen LogP contribution in [0.4, 0.5) is 17.3 Å². The van der Waals surface area contributed by atoms with Crippen molar-refractivity contribution in [3.63, 3.8) is 0 Å². The molecule has 0 amide bonds. The number of nitrogen functional groups attached to an aromatic ring is 1. The zero-order chi connectivity index (χ0) is 13.8. The van der Waals surface area contributed by atoms with Gasteiger partial charge in [-0.2, -0.15) is 5.10 Å². The maximum Gasteiger partial charge on any atom is 0.345 e. The molecule has 0 aliphatic heterocycles. The van der Waals surface area contributed by atoms with E-state index in [-0.39, 0.29) is 11.4 Å². The minimum absolute atomic E-state index is 0.155. The van der Waals surface area contributed by atoms with E-state index in [9.17, 15) is 4.79 Å². The number of nitrogens with two attached hydrogens (primary N) is 1. The van der Waals surface area contributed by atoms with Crippen molar-refractivity contribution in [2.45, 2.75) is 0 Å². The summed E-state index contributed by atoms with van der Waals surface area (Å²) < 4.78 is 9.71. The Balaban J connectivity index is 2.25. The fourth-order valence-corrected chi connectivity index (χ4v) is 1.57. The van der Waals surface area contributed by atoms with E-state index >= 15 is 0 Å². The van der Waals surface area contributed by atoms with Crippen molar-refractivity contribution in [2.24, 2.45) is 0 Å². The highest BCUT2D eigenvalue weighted by molar-refractivity contribution is 6.00. The predicted octanol–water partition coefficient (Wildman–Crippen LogP) is 1.53. The second kappa shape index (κ2) is 5.30. The third-order valence-corrected chi connectivity index (χ3v) is 2.54. The van der Waals surface area contributed by atoms with Gasteiger partial charge in [-0.15, -0.1) is 0 Å². The molecule has 0 saturated heterocycles. The lowest BCUT2D eigenvalue weighted by atomic mass is 10.2. The number of nitrogens with zero attached hydrogens (tertiary/aromatic N) is 1. The number of rotatable bonds is 4. The van der Waals surface area contributed by atoms with Crippen LogP contribution in [0.3, 0.4) is 0 Å². The number of carbonyl (C=O) groups is 1. The Morgan fingerprint density at radius 2 is 2.00 bits per heavy atom. The van der Waals surface area contributed by atoms with E-state index in [1.807, 2.05) is 0 Å². The maximum absolute atomic E-state index is 11.6. The monoisotopic (exact) mass is 262 g/mol. The van der Waals surface area contributed by atoms with Gasteiger partial charge in [0.15, 0.2) is 5.82 Å². The molecule has 0 atom stereocenters. The van der Waals surface area contributed by atoms with E-state index in [1.165, 1.54) is 7.11 Å². The van der Waals surface area contributed by atoms with Gasteiger partial charge >= 0.3 is 5.97 Å². The molecule has 0 spiro atoms. The Morgan fingerprint density at radius 1 is 1.32 bits per heavy atom. The van der Waals surface area contributed by atoms with Crippen molar-refractivity contribution < 1.29 is 14.3 Å². The van der Waals surface area contributed by atoms with Gasteiger partial charge in [-0.1, -0.05) is 0 Å². The highest BCUT2D eigenvalue weighted by atomic mass is 16.5. The Bertz CT molecular complexity index is 577. The van der Waals surface area contributed by atoms with Crippen LogP contribution in [-0.4, -0.2) is 30.4 Å². The lowest BCUT2D eigenvalue weighted by molar-refractivity contribution is 0.0603. The first-order chi connectivity index (χ1) is 9.15. The fraction of sp³-hybridized carbons (Fsp3) is 0.167. The van der Waals surface area contributed by atoms with E-state index in [4.69, 9.17) is 10.5 Å². The number of nitrogens with one attached hydrogen (secondary N) is 2. The molecule has 19 heavy (non-hydrogen) atoms. The summed E-state index contributed by atoms with van der Waals surface area (Å²) >= 11 is 0. The second-order valence-electron chi connectivity index (χ2n) is 3.71. The minimum atomic E-state index is -0.553. The Labute approximate surface area is 109 Å². The summed E-state index contributed by atoms with van der Waals surface area (Å²) in [7, 11) is 2.87. The Morgan fingerprint density at radius 3 is 2.58 bits per heavy atom. The van der Waals surface area contributed by atoms with Crippen LogP contribution in [0.2, 0.25) is 0 Å². The molecule has 4 N–H and O–H groups in total. The summed E-state index contributed by atoms with van der Waals surface area (Å²) in [5.74, 6) is 0.653. The number of benzene rings is 1. The summed E-state index contributed by atoms with van der Waals surface area (Å²) in [5, 5.41) is 9.45. The number of ether oxygens (including phenoxy) is 2. The minimum Gasteiger partial charge on any atom is -0.497 e. The number of aromatic amines is 1. The van der Waals surface area contributed by atoms with Gasteiger partial charge in [0.05, 0.1) is 14.2 Å². The Hall–Kier alpha value is -2.70. The average molecular weight is 262 g/mol. The number of hydrogen-bond acceptors (Lipinski definition) is 6. The van der Waals surface area contributed by atoms with Crippen molar-refractivity contribution in [1.29, 1.82) is 0 Å². The number of hydrogen-bond donors (Lipinski definition) is 3. The van der Waals surface area contributed by atoms with Gasteiger partial charge in [0, 0.05) is 5.69 Å². The lowest BCUT2D eigenvalue weighted by Crippen LogP contribution is -2.06. The molecule has 0 aliphatic rings. The van der Waals surface area contributed by atoms with E-state index in [0.29, 0.717) is 5.82 Å². The number of esters is 1. The number of H-pyrrole nitrogens is 1. The van der Waals surface area contributed by atoms with E-state index in [1.54, 1.807) is 31.4 Å². The highest BCUT2D eigenvalue weighted by Gasteiger charge is 2.19. The lowest BCUT2D eigenvalue weighted by Gasteiger charge is -2.06. The van der Waals surface area contributed by atoms with Crippen LogP contribution < -0.4 is 15.8 Å². The highest BCUT2D eigenvalue weighted by Crippen LogP contribution is 2.24. The van der Waals surface area contributed by atoms with E-state index in [2.05, 4.69) is 20.3 Å². The van der Waals surface area contributed by atoms with Crippen LogP contribution in [0.1, 0.15) is 10.4 Å². The molecule has 7 nitrogen and oxygen atoms in total. The van der Waals surface area contributed by atoms with Crippen molar-refractivity contribution >= 4 is 23.3 Å². The molecule has 100 valence electrons. The molecule has 0 aliphatic carbocycles. The van der Waals surface area contributed by atoms with Crippen molar-refractivity contribution in [1.82, 2.24) is 10.2 Å². The molecule has 0 radical (unpaired) electrons. The van der Waals surface area contributed by atoms with Crippen LogP contribution in [0, 0.1) is 0 Å². The molecule has 1 aromatic carbocycles. The normalized spacial score (nSPS) is 10.0. The van der Waals surface area contributed by atoms with E-state index < -0.39 is 5.97 Å². The third kappa shape index (κ3) is 2.59. The third-order valence-electron chi connectivity index (χ3n) is 2.54. The predicted molar refractivity (Wildman–Crippen MR) is 70.6 cm³/mol. The molecule has 1 aromatic heterocycles. The first-order valence-corrected chi connectivity index (χ1v) is 5.49. The fourth-order valence-electron chi connectivity index (χ4n) is 1.57. The molecule has 0 fully saturated rings. The number of carbonyl (C=O) groups excluding carboxylic acids is 1. The quantitative estimate of drug-likeness (QED) is 0.722. The van der Waals surface area contributed by atoms with Gasteiger partial charge in [0.25, 0.3) is 0 Å². The van der Waals surface area contributed by atoms with E-state index in [0.717, 1.165) is 11.4 Å². The van der Waals surface area contributed by atoms with Gasteiger partial charge < -0.3 is 20.5 Å². The Kier molecular flexibility index (Phi) is 3.56. The molecule has 0 saturated carbocycles. The van der Waals surface area contributed by atoms with Gasteiger partial charge in [-0.05, 0) is 24.3 Å².